The molecule has 0 aliphatic carbocycles. The Morgan fingerprint density at radius 2 is 1.81 bits per heavy atom. The molecule has 1 atom stereocenters. The summed E-state index contributed by atoms with van der Waals surface area (Å²) in [6.45, 7) is 6.67. The van der Waals surface area contributed by atoms with Crippen LogP contribution in [0.25, 0.3) is 0 Å². The Hall–Kier alpha value is -0.540. The Kier molecular flexibility index (Phi) is 4.81. The van der Waals surface area contributed by atoms with E-state index < -0.39 is 6.10 Å². The van der Waals surface area contributed by atoms with Gasteiger partial charge in [-0.25, -0.2) is 0 Å². The second kappa shape index (κ2) is 5.69. The number of hydrogen-bond donors (Lipinski definition) is 1. The van der Waals surface area contributed by atoms with Gasteiger partial charge in [-0.3, -0.25) is 0 Å². The van der Waals surface area contributed by atoms with Crippen molar-refractivity contribution in [3.05, 3.63) is 28.7 Å². The van der Waals surface area contributed by atoms with Crippen molar-refractivity contribution in [2.45, 2.75) is 33.3 Å². The predicted octanol–water partition coefficient (Wildman–Crippen LogP) is 3.63. The number of ether oxygens (including phenoxy) is 1. The fraction of sp³-hybridized carbons (Fsp3) is 0.538. The minimum Gasteiger partial charge on any atom is -0.491 e. The Balaban J connectivity index is 2.37. The van der Waals surface area contributed by atoms with Crippen molar-refractivity contribution in [2.24, 2.45) is 5.41 Å². The first-order valence-electron chi connectivity index (χ1n) is 5.43. The van der Waals surface area contributed by atoms with Gasteiger partial charge in [0.25, 0.3) is 0 Å². The van der Waals surface area contributed by atoms with E-state index in [1.165, 1.54) is 0 Å². The molecule has 3 heteroatoms. The van der Waals surface area contributed by atoms with Gasteiger partial charge in [0.05, 0.1) is 6.10 Å². The zero-order valence-corrected chi connectivity index (χ0v) is 11.6. The molecular weight excluding hydrogens is 268 g/mol. The molecule has 0 amide bonds. The summed E-state index contributed by atoms with van der Waals surface area (Å²) >= 11 is 3.36. The molecule has 0 saturated heterocycles. The predicted molar refractivity (Wildman–Crippen MR) is 69.7 cm³/mol. The lowest BCUT2D eigenvalue weighted by atomic mass is 9.89. The van der Waals surface area contributed by atoms with Gasteiger partial charge in [0.2, 0.25) is 0 Å². The van der Waals surface area contributed by atoms with Gasteiger partial charge in [0, 0.05) is 4.47 Å². The Morgan fingerprint density at radius 3 is 2.31 bits per heavy atom. The molecule has 0 bridgehead atoms. The van der Waals surface area contributed by atoms with Crippen molar-refractivity contribution in [3.8, 4) is 5.75 Å². The molecule has 0 radical (unpaired) electrons. The zero-order valence-electron chi connectivity index (χ0n) is 10.0. The molecule has 0 saturated carbocycles. The molecule has 1 N–H and O–H groups in total. The number of aliphatic hydroxyl groups excluding tert-OH is 1. The molecule has 2 nitrogen and oxygen atoms in total. The van der Waals surface area contributed by atoms with Crippen LogP contribution in [-0.4, -0.2) is 17.8 Å². The molecular formula is C13H19BrO2. The van der Waals surface area contributed by atoms with Gasteiger partial charge in [-0.1, -0.05) is 36.7 Å². The van der Waals surface area contributed by atoms with Crippen LogP contribution in [0.15, 0.2) is 28.7 Å². The number of aliphatic hydroxyl groups is 1. The lowest BCUT2D eigenvalue weighted by Crippen LogP contribution is -2.23. The molecule has 0 aromatic heterocycles. The average Bonchev–Trinajstić information content (AvgIpc) is 2.14. The minimum absolute atomic E-state index is 0.127. The summed E-state index contributed by atoms with van der Waals surface area (Å²) in [5, 5.41) is 9.77. The highest BCUT2D eigenvalue weighted by Crippen LogP contribution is 2.22. The molecule has 0 aliphatic rings. The first-order valence-corrected chi connectivity index (χ1v) is 6.22. The minimum atomic E-state index is -0.413. The van der Waals surface area contributed by atoms with E-state index in [-0.39, 0.29) is 5.41 Å². The number of benzene rings is 1. The summed E-state index contributed by atoms with van der Waals surface area (Å²) in [6, 6.07) is 7.61. The second-order valence-electron chi connectivity index (χ2n) is 5.18. The maximum Gasteiger partial charge on any atom is 0.119 e. The smallest absolute Gasteiger partial charge is 0.119 e. The van der Waals surface area contributed by atoms with E-state index >= 15 is 0 Å². The largest absolute Gasteiger partial charge is 0.491 e. The van der Waals surface area contributed by atoms with Crippen LogP contribution in [-0.2, 0) is 0 Å². The summed E-state index contributed by atoms with van der Waals surface area (Å²) in [6.07, 6.45) is 0.326. The summed E-state index contributed by atoms with van der Waals surface area (Å²) in [5.74, 6) is 0.788. The Labute approximate surface area is 106 Å². The Morgan fingerprint density at radius 1 is 1.25 bits per heavy atom. The topological polar surface area (TPSA) is 29.5 Å². The fourth-order valence-electron chi connectivity index (χ4n) is 1.49. The lowest BCUT2D eigenvalue weighted by Gasteiger charge is -2.22. The van der Waals surface area contributed by atoms with Gasteiger partial charge >= 0.3 is 0 Å². The van der Waals surface area contributed by atoms with Crippen molar-refractivity contribution in [1.82, 2.24) is 0 Å². The van der Waals surface area contributed by atoms with E-state index in [0.29, 0.717) is 6.61 Å². The summed E-state index contributed by atoms with van der Waals surface area (Å²) in [4.78, 5) is 0. The molecule has 90 valence electrons. The quantitative estimate of drug-likeness (QED) is 0.916. The summed E-state index contributed by atoms with van der Waals surface area (Å²) in [5.41, 5.74) is 0.127. The SMILES string of the molecule is CC(C)(C)CC(O)COc1ccc(Br)cc1. The zero-order chi connectivity index (χ0) is 12.2. The number of hydrogen-bond acceptors (Lipinski definition) is 2. The monoisotopic (exact) mass is 286 g/mol. The van der Waals surface area contributed by atoms with Crippen molar-refractivity contribution >= 4 is 15.9 Å². The fourth-order valence-corrected chi connectivity index (χ4v) is 1.75. The van der Waals surface area contributed by atoms with Crippen LogP contribution in [0.4, 0.5) is 0 Å². The van der Waals surface area contributed by atoms with Crippen molar-refractivity contribution in [3.63, 3.8) is 0 Å². The van der Waals surface area contributed by atoms with Gasteiger partial charge in [-0.05, 0) is 36.1 Å². The van der Waals surface area contributed by atoms with E-state index in [0.717, 1.165) is 16.6 Å². The standard InChI is InChI=1S/C13H19BrO2/c1-13(2,3)8-11(15)9-16-12-6-4-10(14)5-7-12/h4-7,11,15H,8-9H2,1-3H3. The number of halogens is 1. The van der Waals surface area contributed by atoms with E-state index in [1.54, 1.807) is 0 Å². The maximum absolute atomic E-state index is 9.77. The van der Waals surface area contributed by atoms with Gasteiger partial charge < -0.3 is 9.84 Å². The van der Waals surface area contributed by atoms with Crippen LogP contribution in [0.3, 0.4) is 0 Å². The van der Waals surface area contributed by atoms with Gasteiger partial charge in [0.15, 0.2) is 0 Å². The number of rotatable bonds is 4. The van der Waals surface area contributed by atoms with Crippen LogP contribution in [0.2, 0.25) is 0 Å². The highest BCUT2D eigenvalue weighted by Gasteiger charge is 2.16. The van der Waals surface area contributed by atoms with Crippen LogP contribution in [0.1, 0.15) is 27.2 Å². The van der Waals surface area contributed by atoms with Crippen molar-refractivity contribution < 1.29 is 9.84 Å². The molecule has 1 rings (SSSR count). The van der Waals surface area contributed by atoms with Crippen LogP contribution < -0.4 is 4.74 Å². The summed E-state index contributed by atoms with van der Waals surface area (Å²) in [7, 11) is 0. The molecule has 0 fully saturated rings. The van der Waals surface area contributed by atoms with Crippen molar-refractivity contribution in [1.29, 1.82) is 0 Å². The molecule has 16 heavy (non-hydrogen) atoms. The third-order valence-corrected chi connectivity index (χ3v) is 2.63. The average molecular weight is 287 g/mol. The van der Waals surface area contributed by atoms with Gasteiger partial charge in [0.1, 0.15) is 12.4 Å². The van der Waals surface area contributed by atoms with E-state index in [1.807, 2.05) is 24.3 Å². The molecule has 1 unspecified atom stereocenters. The van der Waals surface area contributed by atoms with E-state index in [2.05, 4.69) is 36.7 Å². The molecule has 0 heterocycles. The lowest BCUT2D eigenvalue weighted by molar-refractivity contribution is 0.0710. The normalized spacial score (nSPS) is 13.6. The first-order chi connectivity index (χ1) is 7.37. The second-order valence-corrected chi connectivity index (χ2v) is 6.10. The van der Waals surface area contributed by atoms with E-state index in [4.69, 9.17) is 4.74 Å². The molecule has 0 aliphatic heterocycles. The highest BCUT2D eigenvalue weighted by molar-refractivity contribution is 9.10. The van der Waals surface area contributed by atoms with Crippen molar-refractivity contribution in [2.75, 3.05) is 6.61 Å². The maximum atomic E-state index is 9.77. The van der Waals surface area contributed by atoms with Crippen LogP contribution >= 0.6 is 15.9 Å². The van der Waals surface area contributed by atoms with Gasteiger partial charge in [-0.15, -0.1) is 0 Å². The Bertz CT molecular complexity index is 314. The van der Waals surface area contributed by atoms with Crippen LogP contribution in [0, 0.1) is 5.41 Å². The van der Waals surface area contributed by atoms with Gasteiger partial charge in [-0.2, -0.15) is 0 Å². The highest BCUT2D eigenvalue weighted by atomic mass is 79.9. The first kappa shape index (κ1) is 13.5. The summed E-state index contributed by atoms with van der Waals surface area (Å²) < 4.78 is 6.52. The molecule has 0 spiro atoms. The molecule has 1 aromatic carbocycles. The van der Waals surface area contributed by atoms with E-state index in [9.17, 15) is 5.11 Å². The molecule has 1 aromatic rings. The third kappa shape index (κ3) is 5.52. The third-order valence-electron chi connectivity index (χ3n) is 2.10. The van der Waals surface area contributed by atoms with Crippen LogP contribution in [0.5, 0.6) is 5.75 Å².